The second-order valence-corrected chi connectivity index (χ2v) is 7.75. The number of anilines is 1. The molecule has 3 N–H and O–H groups in total. The summed E-state index contributed by atoms with van der Waals surface area (Å²) in [5, 5.41) is 20.0. The van der Waals surface area contributed by atoms with E-state index >= 15 is 0 Å². The van der Waals surface area contributed by atoms with Gasteiger partial charge in [0, 0.05) is 23.8 Å². The van der Waals surface area contributed by atoms with Crippen molar-refractivity contribution in [3.8, 4) is 5.75 Å². The number of rotatable bonds is 7. The Kier molecular flexibility index (Phi) is 6.01. The van der Waals surface area contributed by atoms with Gasteiger partial charge in [-0.15, -0.1) is 0 Å². The highest BCUT2D eigenvalue weighted by Crippen LogP contribution is 2.29. The number of phenolic OH excluding ortho intramolecular Hbond substituents is 1. The third kappa shape index (κ3) is 4.32. The summed E-state index contributed by atoms with van der Waals surface area (Å²) in [6.45, 7) is 5.03. The van der Waals surface area contributed by atoms with Gasteiger partial charge in [0.05, 0.1) is 6.04 Å². The zero-order chi connectivity index (χ0) is 20.9. The molecule has 0 spiro atoms. The Morgan fingerprint density at radius 3 is 2.23 bits per heavy atom. The third-order valence-corrected chi connectivity index (χ3v) is 5.68. The van der Waals surface area contributed by atoms with E-state index in [0.29, 0.717) is 5.75 Å². The molecule has 0 radical (unpaired) electrons. The Morgan fingerprint density at radius 1 is 0.700 bits per heavy atom. The largest absolute Gasteiger partial charge is 0.508 e. The van der Waals surface area contributed by atoms with Crippen molar-refractivity contribution in [3.05, 3.63) is 108 Å². The number of hydrogen-bond acceptors (Lipinski definition) is 3. The first-order valence-electron chi connectivity index (χ1n) is 10.5. The van der Waals surface area contributed by atoms with Crippen LogP contribution in [0.15, 0.2) is 91.0 Å². The second kappa shape index (κ2) is 9.02. The van der Waals surface area contributed by atoms with E-state index in [1.807, 2.05) is 24.3 Å². The van der Waals surface area contributed by atoms with E-state index < -0.39 is 0 Å². The molecule has 4 rings (SSSR count). The number of benzene rings is 4. The molecule has 3 heteroatoms. The molecule has 4 aromatic carbocycles. The molecule has 30 heavy (non-hydrogen) atoms. The van der Waals surface area contributed by atoms with Gasteiger partial charge in [-0.05, 0) is 47.9 Å². The van der Waals surface area contributed by atoms with Crippen molar-refractivity contribution in [1.29, 1.82) is 0 Å². The van der Waals surface area contributed by atoms with Gasteiger partial charge in [-0.25, -0.2) is 0 Å². The maximum absolute atomic E-state index is 10.2. The summed E-state index contributed by atoms with van der Waals surface area (Å²) in [7, 11) is 0. The minimum absolute atomic E-state index is 0.00263. The molecule has 3 nitrogen and oxygen atoms in total. The lowest BCUT2D eigenvalue weighted by atomic mass is 9.99. The fourth-order valence-electron chi connectivity index (χ4n) is 3.98. The Bertz CT molecular complexity index is 1130. The molecule has 0 unspecified atom stereocenters. The van der Waals surface area contributed by atoms with E-state index in [9.17, 15) is 5.11 Å². The Hall–Kier alpha value is -3.30. The average molecular weight is 397 g/mol. The summed E-state index contributed by atoms with van der Waals surface area (Å²) in [6, 6.07) is 31.0. The topological polar surface area (TPSA) is 44.3 Å². The summed E-state index contributed by atoms with van der Waals surface area (Å²) < 4.78 is 0. The molecular formula is C27H28N2O. The van der Waals surface area contributed by atoms with Crippen LogP contribution in [0.3, 0.4) is 0 Å². The van der Waals surface area contributed by atoms with Crippen molar-refractivity contribution >= 4 is 16.5 Å². The SMILES string of the molecule is C[C@H](Nc1ccccc1CN[C@H](C)c1cccc2ccccc12)c1ccccc1O. The van der Waals surface area contributed by atoms with Crippen LogP contribution in [0.25, 0.3) is 10.8 Å². The summed E-state index contributed by atoms with van der Waals surface area (Å²) in [5.74, 6) is 0.317. The summed E-state index contributed by atoms with van der Waals surface area (Å²) >= 11 is 0. The maximum Gasteiger partial charge on any atom is 0.120 e. The molecule has 0 fully saturated rings. The van der Waals surface area contributed by atoms with Gasteiger partial charge in [0.2, 0.25) is 0 Å². The smallest absolute Gasteiger partial charge is 0.120 e. The molecule has 0 amide bonds. The van der Waals surface area contributed by atoms with E-state index in [1.165, 1.54) is 21.9 Å². The molecule has 0 saturated carbocycles. The minimum Gasteiger partial charge on any atom is -0.508 e. The van der Waals surface area contributed by atoms with Crippen LogP contribution in [0.5, 0.6) is 5.75 Å². The number of hydrogen-bond donors (Lipinski definition) is 3. The van der Waals surface area contributed by atoms with Crippen LogP contribution >= 0.6 is 0 Å². The van der Waals surface area contributed by atoms with Crippen LogP contribution < -0.4 is 10.6 Å². The van der Waals surface area contributed by atoms with Gasteiger partial charge in [-0.1, -0.05) is 78.9 Å². The molecule has 0 aliphatic heterocycles. The summed E-state index contributed by atoms with van der Waals surface area (Å²) in [4.78, 5) is 0. The van der Waals surface area contributed by atoms with Crippen LogP contribution in [0, 0.1) is 0 Å². The number of phenols is 1. The monoisotopic (exact) mass is 396 g/mol. The molecule has 0 saturated heterocycles. The van der Waals surface area contributed by atoms with Crippen LogP contribution in [0.4, 0.5) is 5.69 Å². The van der Waals surface area contributed by atoms with E-state index in [2.05, 4.69) is 85.1 Å². The van der Waals surface area contributed by atoms with Gasteiger partial charge in [0.1, 0.15) is 5.75 Å². The lowest BCUT2D eigenvalue weighted by Gasteiger charge is -2.21. The summed E-state index contributed by atoms with van der Waals surface area (Å²) in [6.07, 6.45) is 0. The van der Waals surface area contributed by atoms with Crippen molar-refractivity contribution in [3.63, 3.8) is 0 Å². The molecular weight excluding hydrogens is 368 g/mol. The Labute approximate surface area is 178 Å². The molecule has 0 aliphatic carbocycles. The van der Waals surface area contributed by atoms with Gasteiger partial charge in [0.15, 0.2) is 0 Å². The van der Waals surface area contributed by atoms with Gasteiger partial charge in [-0.2, -0.15) is 0 Å². The molecule has 2 atom stereocenters. The van der Waals surface area contributed by atoms with Crippen molar-refractivity contribution in [1.82, 2.24) is 5.32 Å². The fraction of sp³-hybridized carbons (Fsp3) is 0.185. The first-order valence-corrected chi connectivity index (χ1v) is 10.5. The van der Waals surface area contributed by atoms with Crippen LogP contribution in [-0.4, -0.2) is 5.11 Å². The minimum atomic E-state index is 0.00263. The zero-order valence-corrected chi connectivity index (χ0v) is 17.5. The van der Waals surface area contributed by atoms with E-state index in [-0.39, 0.29) is 12.1 Å². The highest BCUT2D eigenvalue weighted by atomic mass is 16.3. The number of aromatic hydroxyl groups is 1. The fourth-order valence-corrected chi connectivity index (χ4v) is 3.98. The molecule has 0 bridgehead atoms. The van der Waals surface area contributed by atoms with Crippen molar-refractivity contribution in [2.45, 2.75) is 32.5 Å². The molecule has 0 aromatic heterocycles. The van der Waals surface area contributed by atoms with Gasteiger partial charge in [-0.3, -0.25) is 0 Å². The predicted molar refractivity (Wildman–Crippen MR) is 126 cm³/mol. The zero-order valence-electron chi connectivity index (χ0n) is 17.5. The van der Waals surface area contributed by atoms with E-state index in [4.69, 9.17) is 0 Å². The predicted octanol–water partition coefficient (Wildman–Crippen LogP) is 6.57. The highest BCUT2D eigenvalue weighted by molar-refractivity contribution is 5.86. The third-order valence-electron chi connectivity index (χ3n) is 5.68. The average Bonchev–Trinajstić information content (AvgIpc) is 2.78. The van der Waals surface area contributed by atoms with Crippen molar-refractivity contribution < 1.29 is 5.11 Å². The molecule has 0 heterocycles. The first kappa shape index (κ1) is 20.0. The molecule has 0 aliphatic rings. The standard InChI is InChI=1S/C27H28N2O/c1-19(23-15-9-12-21-10-3-5-14-25(21)23)28-18-22-11-4-7-16-26(22)29-20(2)24-13-6-8-17-27(24)30/h3-17,19-20,28-30H,18H2,1-2H3/t19-,20+/m1/s1. The van der Waals surface area contributed by atoms with Crippen LogP contribution in [-0.2, 0) is 6.54 Å². The first-order chi connectivity index (χ1) is 14.6. The quantitative estimate of drug-likeness (QED) is 0.331. The lowest BCUT2D eigenvalue weighted by Crippen LogP contribution is -2.19. The van der Waals surface area contributed by atoms with Gasteiger partial charge < -0.3 is 15.7 Å². The van der Waals surface area contributed by atoms with Crippen molar-refractivity contribution in [2.24, 2.45) is 0 Å². The lowest BCUT2D eigenvalue weighted by molar-refractivity contribution is 0.465. The number of fused-ring (bicyclic) bond motifs is 1. The molecule has 152 valence electrons. The molecule has 4 aromatic rings. The van der Waals surface area contributed by atoms with Gasteiger partial charge in [0.25, 0.3) is 0 Å². The highest BCUT2D eigenvalue weighted by Gasteiger charge is 2.13. The maximum atomic E-state index is 10.2. The van der Waals surface area contributed by atoms with Crippen LogP contribution in [0.1, 0.15) is 42.6 Å². The van der Waals surface area contributed by atoms with Gasteiger partial charge >= 0.3 is 0 Å². The Morgan fingerprint density at radius 2 is 1.37 bits per heavy atom. The van der Waals surface area contributed by atoms with Crippen LogP contribution in [0.2, 0.25) is 0 Å². The summed E-state index contributed by atoms with van der Waals surface area (Å²) in [5.41, 5.74) is 4.48. The second-order valence-electron chi connectivity index (χ2n) is 7.75. The van der Waals surface area contributed by atoms with E-state index in [1.54, 1.807) is 6.07 Å². The number of nitrogens with one attached hydrogen (secondary N) is 2. The normalized spacial score (nSPS) is 13.1. The van der Waals surface area contributed by atoms with Crippen molar-refractivity contribution in [2.75, 3.05) is 5.32 Å². The number of para-hydroxylation sites is 2. The Balaban J connectivity index is 1.50. The van der Waals surface area contributed by atoms with E-state index in [0.717, 1.165) is 17.8 Å².